The fourth-order valence-corrected chi connectivity index (χ4v) is 14.0. The Bertz CT molecular complexity index is 741. The number of hydrogen-bond donors (Lipinski definition) is 2. The highest BCUT2D eigenvalue weighted by Crippen LogP contribution is 2.61. The van der Waals surface area contributed by atoms with Crippen LogP contribution >= 0.6 is 0 Å². The van der Waals surface area contributed by atoms with Gasteiger partial charge in [0.2, 0.25) is 0 Å². The van der Waals surface area contributed by atoms with Crippen LogP contribution in [-0.2, 0) is 0 Å². The predicted molar refractivity (Wildman–Crippen MR) is 195 cm³/mol. The summed E-state index contributed by atoms with van der Waals surface area (Å²) in [4.78, 5) is 0. The first-order valence-corrected chi connectivity index (χ1v) is 21.9. The van der Waals surface area contributed by atoms with E-state index in [4.69, 9.17) is 0 Å². The van der Waals surface area contributed by atoms with Gasteiger partial charge in [-0.25, -0.2) is 0 Å². The van der Waals surface area contributed by atoms with Crippen molar-refractivity contribution in [1.29, 1.82) is 0 Å². The molecule has 0 bridgehead atoms. The van der Waals surface area contributed by atoms with Crippen LogP contribution in [0.2, 0.25) is 0 Å². The van der Waals surface area contributed by atoms with Gasteiger partial charge < -0.3 is 10.2 Å². The Hall–Kier alpha value is -0.0800. The van der Waals surface area contributed by atoms with Crippen molar-refractivity contribution in [2.45, 2.75) is 212 Å². The lowest BCUT2D eigenvalue weighted by Crippen LogP contribution is -2.53. The number of unbranched alkanes of at least 4 members (excludes halogenated alkanes) is 2. The van der Waals surface area contributed by atoms with Crippen LogP contribution in [0.25, 0.3) is 0 Å². The summed E-state index contributed by atoms with van der Waals surface area (Å²) in [6.07, 6.45) is 39.9. The zero-order valence-electron chi connectivity index (χ0n) is 30.8. The lowest BCUT2D eigenvalue weighted by atomic mass is 9.48. The summed E-state index contributed by atoms with van der Waals surface area (Å²) in [6, 6.07) is 0. The average molecular weight is 639 g/mol. The molecule has 0 radical (unpaired) electrons. The summed E-state index contributed by atoms with van der Waals surface area (Å²) in [5.41, 5.74) is 0.398. The van der Waals surface area contributed by atoms with Gasteiger partial charge in [0.25, 0.3) is 0 Å². The normalized spacial score (nSPS) is 39.7. The SMILES string of the molecule is CCCCCC(CC)(C1CC(C2CCCCC2)C(O)C(C2CCCCC2)C1)C1CC(C2CCCCC2)C(O)C(C2CCCCC2)C1. The second-order valence-electron chi connectivity index (χ2n) is 18.6. The van der Waals surface area contributed by atoms with Crippen LogP contribution in [0, 0.1) is 64.6 Å². The topological polar surface area (TPSA) is 40.5 Å². The first-order valence-electron chi connectivity index (χ1n) is 21.9. The summed E-state index contributed by atoms with van der Waals surface area (Å²) in [7, 11) is 0. The Morgan fingerprint density at radius 1 is 0.435 bits per heavy atom. The molecule has 2 N–H and O–H groups in total. The lowest BCUT2D eigenvalue weighted by Gasteiger charge is -2.58. The molecular formula is C44H78O2. The van der Waals surface area contributed by atoms with E-state index >= 15 is 0 Å². The Labute approximate surface area is 286 Å². The van der Waals surface area contributed by atoms with Gasteiger partial charge in [-0.2, -0.15) is 0 Å². The van der Waals surface area contributed by atoms with Crippen molar-refractivity contribution in [1.82, 2.24) is 0 Å². The lowest BCUT2D eigenvalue weighted by molar-refractivity contribution is -0.133. The molecule has 2 heteroatoms. The summed E-state index contributed by atoms with van der Waals surface area (Å²) < 4.78 is 0. The molecule has 4 unspecified atom stereocenters. The zero-order valence-corrected chi connectivity index (χ0v) is 30.8. The molecular weight excluding hydrogens is 560 g/mol. The Balaban J connectivity index is 1.35. The molecule has 0 aliphatic heterocycles. The third-order valence-corrected chi connectivity index (χ3v) is 16.5. The van der Waals surface area contributed by atoms with Crippen molar-refractivity contribution in [3.8, 4) is 0 Å². The quantitative estimate of drug-likeness (QED) is 0.221. The number of rotatable bonds is 11. The maximum Gasteiger partial charge on any atom is 0.0602 e. The van der Waals surface area contributed by atoms with Gasteiger partial charge in [0, 0.05) is 0 Å². The molecule has 0 aromatic carbocycles. The molecule has 6 rings (SSSR count). The predicted octanol–water partition coefficient (Wildman–Crippen LogP) is 12.3. The maximum atomic E-state index is 12.3. The van der Waals surface area contributed by atoms with E-state index in [0.717, 1.165) is 35.5 Å². The van der Waals surface area contributed by atoms with Crippen LogP contribution in [0.15, 0.2) is 0 Å². The molecule has 0 saturated heterocycles. The summed E-state index contributed by atoms with van der Waals surface area (Å²) in [6.45, 7) is 5.01. The molecule has 4 atom stereocenters. The van der Waals surface area contributed by atoms with E-state index in [1.54, 1.807) is 0 Å². The Morgan fingerprint density at radius 3 is 1.00 bits per heavy atom. The molecule has 0 amide bonds. The van der Waals surface area contributed by atoms with Crippen LogP contribution in [0.1, 0.15) is 200 Å². The van der Waals surface area contributed by atoms with Crippen LogP contribution in [0.5, 0.6) is 0 Å². The highest BCUT2D eigenvalue weighted by atomic mass is 16.3. The largest absolute Gasteiger partial charge is 0.393 e. The molecule has 6 saturated carbocycles. The van der Waals surface area contributed by atoms with Gasteiger partial charge in [-0.1, -0.05) is 162 Å². The fraction of sp³-hybridized carbons (Fsp3) is 1.00. The van der Waals surface area contributed by atoms with Gasteiger partial charge in [0.15, 0.2) is 0 Å². The molecule has 2 nitrogen and oxygen atoms in total. The summed E-state index contributed by atoms with van der Waals surface area (Å²) in [5.74, 6) is 6.78. The first-order chi connectivity index (χ1) is 22.6. The van der Waals surface area contributed by atoms with Crippen molar-refractivity contribution < 1.29 is 10.2 Å². The highest BCUT2D eigenvalue weighted by molar-refractivity contribution is 5.05. The minimum Gasteiger partial charge on any atom is -0.393 e. The van der Waals surface area contributed by atoms with E-state index in [9.17, 15) is 10.2 Å². The van der Waals surface area contributed by atoms with E-state index in [0.29, 0.717) is 29.1 Å². The van der Waals surface area contributed by atoms with Crippen molar-refractivity contribution in [2.24, 2.45) is 64.6 Å². The van der Waals surface area contributed by atoms with Crippen LogP contribution < -0.4 is 0 Å². The summed E-state index contributed by atoms with van der Waals surface area (Å²) in [5, 5.41) is 24.7. The Morgan fingerprint density at radius 2 is 0.739 bits per heavy atom. The Kier molecular flexibility index (Phi) is 13.4. The highest BCUT2D eigenvalue weighted by Gasteiger charge is 2.55. The zero-order chi connectivity index (χ0) is 31.9. The van der Waals surface area contributed by atoms with Gasteiger partial charge in [-0.05, 0) is 103 Å². The smallest absolute Gasteiger partial charge is 0.0602 e. The van der Waals surface area contributed by atoms with Crippen molar-refractivity contribution in [2.75, 3.05) is 0 Å². The molecule has 266 valence electrons. The fourth-order valence-electron chi connectivity index (χ4n) is 14.0. The van der Waals surface area contributed by atoms with E-state index < -0.39 is 0 Å². The molecule has 6 aliphatic rings. The molecule has 0 heterocycles. The summed E-state index contributed by atoms with van der Waals surface area (Å²) >= 11 is 0. The van der Waals surface area contributed by atoms with Gasteiger partial charge in [0.1, 0.15) is 0 Å². The van der Waals surface area contributed by atoms with E-state index in [2.05, 4.69) is 13.8 Å². The third kappa shape index (κ3) is 7.94. The minimum absolute atomic E-state index is 0.0502. The minimum atomic E-state index is -0.0502. The molecule has 0 aromatic heterocycles. The van der Waals surface area contributed by atoms with E-state index in [1.807, 2.05) is 0 Å². The van der Waals surface area contributed by atoms with Crippen molar-refractivity contribution in [3.05, 3.63) is 0 Å². The van der Waals surface area contributed by atoms with Crippen LogP contribution in [-0.4, -0.2) is 22.4 Å². The number of aliphatic hydroxyl groups excluding tert-OH is 2. The molecule has 6 aliphatic carbocycles. The van der Waals surface area contributed by atoms with Gasteiger partial charge in [-0.3, -0.25) is 0 Å². The maximum absolute atomic E-state index is 12.3. The molecule has 6 fully saturated rings. The van der Waals surface area contributed by atoms with Crippen molar-refractivity contribution in [3.63, 3.8) is 0 Å². The second-order valence-corrected chi connectivity index (χ2v) is 18.6. The first kappa shape index (κ1) is 35.7. The van der Waals surface area contributed by atoms with Gasteiger partial charge in [-0.15, -0.1) is 0 Å². The standard InChI is InChI=1S/C44H78O2/c1-3-5-18-27-44(4-2,36-28-38(32-19-10-6-11-20-32)42(45)39(29-36)33-21-12-7-13-22-33)37-30-40(34-23-14-8-15-24-34)43(46)41(31-37)35-25-16-9-17-26-35/h32-43,45-46H,3-31H2,1-2H3. The van der Waals surface area contributed by atoms with Gasteiger partial charge >= 0.3 is 0 Å². The molecule has 0 aromatic rings. The third-order valence-electron chi connectivity index (χ3n) is 16.5. The number of hydrogen-bond acceptors (Lipinski definition) is 2. The molecule has 0 spiro atoms. The average Bonchev–Trinajstić information content (AvgIpc) is 3.12. The van der Waals surface area contributed by atoms with Gasteiger partial charge in [0.05, 0.1) is 12.2 Å². The van der Waals surface area contributed by atoms with E-state index in [-0.39, 0.29) is 12.2 Å². The van der Waals surface area contributed by atoms with Crippen LogP contribution in [0.4, 0.5) is 0 Å². The van der Waals surface area contributed by atoms with Crippen LogP contribution in [0.3, 0.4) is 0 Å². The van der Waals surface area contributed by atoms with E-state index in [1.165, 1.54) is 186 Å². The monoisotopic (exact) mass is 639 g/mol. The second kappa shape index (κ2) is 17.2. The van der Waals surface area contributed by atoms with Crippen molar-refractivity contribution >= 4 is 0 Å². The molecule has 46 heavy (non-hydrogen) atoms. The number of aliphatic hydroxyl groups is 2.